The van der Waals surface area contributed by atoms with E-state index in [-0.39, 0.29) is 0 Å². The zero-order valence-electron chi connectivity index (χ0n) is 10.9. The Morgan fingerprint density at radius 3 is 2.81 bits per heavy atom. The number of piperidine rings is 1. The summed E-state index contributed by atoms with van der Waals surface area (Å²) in [4.78, 5) is 5.16. The van der Waals surface area contributed by atoms with Crippen molar-refractivity contribution in [3.63, 3.8) is 0 Å². The lowest BCUT2D eigenvalue weighted by atomic mass is 9.98. The second kappa shape index (κ2) is 5.99. The fourth-order valence-electron chi connectivity index (χ4n) is 3.24. The van der Waals surface area contributed by atoms with Crippen LogP contribution in [0.1, 0.15) is 26.2 Å². The molecule has 0 saturated carbocycles. The zero-order valence-corrected chi connectivity index (χ0v) is 10.9. The average Bonchev–Trinajstić information content (AvgIpc) is 2.66. The summed E-state index contributed by atoms with van der Waals surface area (Å²) in [6.45, 7) is 9.83. The molecule has 16 heavy (non-hydrogen) atoms. The quantitative estimate of drug-likeness (QED) is 0.770. The highest BCUT2D eigenvalue weighted by atomic mass is 15.2. The Kier molecular flexibility index (Phi) is 4.62. The Hall–Kier alpha value is -0.120. The van der Waals surface area contributed by atoms with Crippen LogP contribution in [0.4, 0.5) is 0 Å². The number of hydrogen-bond donors (Lipinski definition) is 1. The van der Waals surface area contributed by atoms with Crippen LogP contribution in [0, 0.1) is 5.92 Å². The summed E-state index contributed by atoms with van der Waals surface area (Å²) in [5.74, 6) is 0.916. The monoisotopic (exact) mass is 225 g/mol. The second-order valence-electron chi connectivity index (χ2n) is 5.57. The fraction of sp³-hybridized carbons (Fsp3) is 1.00. The van der Waals surface area contributed by atoms with Crippen LogP contribution in [0.2, 0.25) is 0 Å². The Labute approximate surface area is 100 Å². The average molecular weight is 225 g/mol. The van der Waals surface area contributed by atoms with Crippen LogP contribution in [0.25, 0.3) is 0 Å². The molecule has 0 amide bonds. The summed E-state index contributed by atoms with van der Waals surface area (Å²) >= 11 is 0. The standard InChI is InChI=1S/C13H27N3/c1-3-14-13-6-8-16(11-13)10-12-5-4-7-15(2)9-12/h12-14H,3-11H2,1-2H3. The molecule has 0 spiro atoms. The fourth-order valence-corrected chi connectivity index (χ4v) is 3.24. The number of likely N-dealkylation sites (tertiary alicyclic amines) is 2. The molecule has 2 rings (SSSR count). The molecule has 2 atom stereocenters. The van der Waals surface area contributed by atoms with Gasteiger partial charge in [-0.05, 0) is 51.9 Å². The maximum Gasteiger partial charge on any atom is 0.0207 e. The van der Waals surface area contributed by atoms with E-state index in [9.17, 15) is 0 Å². The molecule has 3 heteroatoms. The van der Waals surface area contributed by atoms with E-state index in [0.717, 1.165) is 18.5 Å². The van der Waals surface area contributed by atoms with Crippen LogP contribution in [0.5, 0.6) is 0 Å². The lowest BCUT2D eigenvalue weighted by Crippen LogP contribution is -2.39. The van der Waals surface area contributed by atoms with Crippen LogP contribution in [0.3, 0.4) is 0 Å². The van der Waals surface area contributed by atoms with Crippen LogP contribution in [-0.2, 0) is 0 Å². The number of likely N-dealkylation sites (N-methyl/N-ethyl adjacent to an activating group) is 1. The van der Waals surface area contributed by atoms with E-state index in [1.807, 2.05) is 0 Å². The molecule has 2 aliphatic heterocycles. The van der Waals surface area contributed by atoms with Crippen molar-refractivity contribution in [1.82, 2.24) is 15.1 Å². The predicted molar refractivity (Wildman–Crippen MR) is 68.7 cm³/mol. The van der Waals surface area contributed by atoms with E-state index in [0.29, 0.717) is 0 Å². The molecule has 0 aromatic rings. The van der Waals surface area contributed by atoms with Gasteiger partial charge in [0.2, 0.25) is 0 Å². The highest BCUT2D eigenvalue weighted by Crippen LogP contribution is 2.19. The number of hydrogen-bond acceptors (Lipinski definition) is 3. The maximum atomic E-state index is 3.57. The van der Waals surface area contributed by atoms with Crippen LogP contribution < -0.4 is 5.32 Å². The highest BCUT2D eigenvalue weighted by Gasteiger charge is 2.25. The van der Waals surface area contributed by atoms with Crippen molar-refractivity contribution in [2.75, 3.05) is 46.3 Å². The smallest absolute Gasteiger partial charge is 0.0207 e. The molecule has 2 aliphatic rings. The molecule has 0 aromatic heterocycles. The van der Waals surface area contributed by atoms with E-state index in [2.05, 4.69) is 29.1 Å². The molecule has 0 bridgehead atoms. The first-order valence-corrected chi connectivity index (χ1v) is 6.92. The Morgan fingerprint density at radius 2 is 2.06 bits per heavy atom. The van der Waals surface area contributed by atoms with Crippen molar-refractivity contribution >= 4 is 0 Å². The van der Waals surface area contributed by atoms with E-state index in [1.54, 1.807) is 0 Å². The highest BCUT2D eigenvalue weighted by molar-refractivity contribution is 4.83. The van der Waals surface area contributed by atoms with Gasteiger partial charge in [0.1, 0.15) is 0 Å². The lowest BCUT2D eigenvalue weighted by molar-refractivity contribution is 0.165. The van der Waals surface area contributed by atoms with Gasteiger partial charge in [-0.25, -0.2) is 0 Å². The molecular weight excluding hydrogens is 198 g/mol. The third kappa shape index (κ3) is 3.44. The first kappa shape index (κ1) is 12.3. The van der Waals surface area contributed by atoms with Gasteiger partial charge in [-0.15, -0.1) is 0 Å². The molecular formula is C13H27N3. The summed E-state index contributed by atoms with van der Waals surface area (Å²) in [5.41, 5.74) is 0. The summed E-state index contributed by atoms with van der Waals surface area (Å²) < 4.78 is 0. The van der Waals surface area contributed by atoms with Crippen molar-refractivity contribution in [1.29, 1.82) is 0 Å². The Bertz CT molecular complexity index is 207. The molecule has 2 unspecified atom stereocenters. The Balaban J connectivity index is 1.70. The van der Waals surface area contributed by atoms with E-state index >= 15 is 0 Å². The van der Waals surface area contributed by atoms with E-state index in [1.165, 1.54) is 52.0 Å². The second-order valence-corrected chi connectivity index (χ2v) is 5.57. The normalized spacial score (nSPS) is 33.4. The molecule has 2 fully saturated rings. The molecule has 2 heterocycles. The number of rotatable bonds is 4. The van der Waals surface area contributed by atoms with Gasteiger partial charge in [0.15, 0.2) is 0 Å². The van der Waals surface area contributed by atoms with Crippen molar-refractivity contribution in [3.05, 3.63) is 0 Å². The minimum Gasteiger partial charge on any atom is -0.313 e. The summed E-state index contributed by atoms with van der Waals surface area (Å²) in [6.07, 6.45) is 4.18. The van der Waals surface area contributed by atoms with Gasteiger partial charge in [0.25, 0.3) is 0 Å². The van der Waals surface area contributed by atoms with Crippen molar-refractivity contribution < 1.29 is 0 Å². The first-order chi connectivity index (χ1) is 7.78. The Morgan fingerprint density at radius 1 is 1.19 bits per heavy atom. The molecule has 0 aromatic carbocycles. The lowest BCUT2D eigenvalue weighted by Gasteiger charge is -2.32. The van der Waals surface area contributed by atoms with E-state index < -0.39 is 0 Å². The maximum absolute atomic E-state index is 3.57. The third-order valence-corrected chi connectivity index (χ3v) is 4.00. The van der Waals surface area contributed by atoms with Gasteiger partial charge in [0, 0.05) is 25.7 Å². The van der Waals surface area contributed by atoms with Gasteiger partial charge in [-0.3, -0.25) is 0 Å². The summed E-state index contributed by atoms with van der Waals surface area (Å²) in [6, 6.07) is 0.756. The van der Waals surface area contributed by atoms with Gasteiger partial charge in [-0.2, -0.15) is 0 Å². The van der Waals surface area contributed by atoms with Gasteiger partial charge in [0.05, 0.1) is 0 Å². The molecule has 2 saturated heterocycles. The molecule has 0 radical (unpaired) electrons. The minimum atomic E-state index is 0.756. The van der Waals surface area contributed by atoms with Gasteiger partial charge >= 0.3 is 0 Å². The van der Waals surface area contributed by atoms with Crippen molar-refractivity contribution in [2.45, 2.75) is 32.2 Å². The molecule has 0 aliphatic carbocycles. The summed E-state index contributed by atoms with van der Waals surface area (Å²) in [5, 5.41) is 3.57. The number of nitrogens with one attached hydrogen (secondary N) is 1. The zero-order chi connectivity index (χ0) is 11.4. The topological polar surface area (TPSA) is 18.5 Å². The van der Waals surface area contributed by atoms with Crippen LogP contribution in [-0.4, -0.2) is 62.2 Å². The number of nitrogens with zero attached hydrogens (tertiary/aromatic N) is 2. The first-order valence-electron chi connectivity index (χ1n) is 6.92. The third-order valence-electron chi connectivity index (χ3n) is 4.00. The largest absolute Gasteiger partial charge is 0.313 e. The van der Waals surface area contributed by atoms with Gasteiger partial charge < -0.3 is 15.1 Å². The molecule has 1 N–H and O–H groups in total. The SMILES string of the molecule is CCNC1CCN(CC2CCCN(C)C2)C1. The van der Waals surface area contributed by atoms with Crippen LogP contribution in [0.15, 0.2) is 0 Å². The van der Waals surface area contributed by atoms with Crippen molar-refractivity contribution in [3.8, 4) is 0 Å². The predicted octanol–water partition coefficient (Wildman–Crippen LogP) is 1.01. The van der Waals surface area contributed by atoms with Crippen molar-refractivity contribution in [2.24, 2.45) is 5.92 Å². The summed E-state index contributed by atoms with van der Waals surface area (Å²) in [7, 11) is 2.26. The molecule has 94 valence electrons. The van der Waals surface area contributed by atoms with E-state index in [4.69, 9.17) is 0 Å². The molecule has 3 nitrogen and oxygen atoms in total. The van der Waals surface area contributed by atoms with Crippen LogP contribution >= 0.6 is 0 Å². The minimum absolute atomic E-state index is 0.756. The van der Waals surface area contributed by atoms with Gasteiger partial charge in [-0.1, -0.05) is 6.92 Å².